The average molecular weight is 388 g/mol. The van der Waals surface area contributed by atoms with Gasteiger partial charge in [-0.1, -0.05) is 18.6 Å². The van der Waals surface area contributed by atoms with Crippen LogP contribution in [0, 0.1) is 5.92 Å². The zero-order valence-electron chi connectivity index (χ0n) is 12.3. The Kier molecular flexibility index (Phi) is 7.12. The van der Waals surface area contributed by atoms with Crippen molar-refractivity contribution < 1.29 is 0 Å². The summed E-state index contributed by atoms with van der Waals surface area (Å²) in [5.74, 6) is 1.36. The molecule has 0 amide bonds. The third-order valence-electron chi connectivity index (χ3n) is 3.68. The van der Waals surface area contributed by atoms with Gasteiger partial charge >= 0.3 is 0 Å². The molecule has 1 aromatic rings. The van der Waals surface area contributed by atoms with Crippen molar-refractivity contribution in [2.24, 2.45) is 16.6 Å². The first-order valence-corrected chi connectivity index (χ1v) is 6.95. The molecule has 5 heteroatoms. The lowest BCUT2D eigenvalue weighted by molar-refractivity contribution is 0.315. The first kappa shape index (κ1) is 17.1. The van der Waals surface area contributed by atoms with Crippen LogP contribution in [0.4, 0.5) is 5.69 Å². The fourth-order valence-electron chi connectivity index (χ4n) is 2.08. The van der Waals surface area contributed by atoms with E-state index in [1.165, 1.54) is 30.5 Å². The molecule has 0 aliphatic heterocycles. The van der Waals surface area contributed by atoms with Crippen molar-refractivity contribution in [3.8, 4) is 0 Å². The SMILES string of the molecule is CN(C)c1ccc(CN=C(N)NCC2CCC2)cc1.I. The van der Waals surface area contributed by atoms with E-state index >= 15 is 0 Å². The smallest absolute Gasteiger partial charge is 0.188 e. The number of aliphatic imine (C=N–C) groups is 1. The summed E-state index contributed by atoms with van der Waals surface area (Å²) in [6.45, 7) is 1.60. The molecule has 0 heterocycles. The van der Waals surface area contributed by atoms with Crippen LogP contribution in [0.2, 0.25) is 0 Å². The minimum absolute atomic E-state index is 0. The van der Waals surface area contributed by atoms with Crippen LogP contribution >= 0.6 is 24.0 Å². The Morgan fingerprint density at radius 3 is 2.45 bits per heavy atom. The predicted molar refractivity (Wildman–Crippen MR) is 96.9 cm³/mol. The third kappa shape index (κ3) is 5.19. The molecule has 1 aromatic carbocycles. The van der Waals surface area contributed by atoms with Crippen LogP contribution in [0.1, 0.15) is 24.8 Å². The highest BCUT2D eigenvalue weighted by Gasteiger charge is 2.16. The summed E-state index contributed by atoms with van der Waals surface area (Å²) in [5, 5.41) is 3.20. The summed E-state index contributed by atoms with van der Waals surface area (Å²) in [6.07, 6.45) is 4.01. The first-order chi connectivity index (χ1) is 9.15. The predicted octanol–water partition coefficient (Wildman–Crippen LogP) is 2.58. The van der Waals surface area contributed by atoms with Crippen LogP contribution in [0.3, 0.4) is 0 Å². The Balaban J connectivity index is 0.00000200. The lowest BCUT2D eigenvalue weighted by Crippen LogP contribution is -2.37. The summed E-state index contributed by atoms with van der Waals surface area (Å²) in [7, 11) is 4.07. The lowest BCUT2D eigenvalue weighted by atomic mass is 9.85. The lowest BCUT2D eigenvalue weighted by Gasteiger charge is -2.25. The van der Waals surface area contributed by atoms with Crippen molar-refractivity contribution in [3.05, 3.63) is 29.8 Å². The monoisotopic (exact) mass is 388 g/mol. The molecule has 1 aliphatic carbocycles. The number of hydrogen-bond acceptors (Lipinski definition) is 2. The van der Waals surface area contributed by atoms with Gasteiger partial charge in [0.05, 0.1) is 6.54 Å². The summed E-state index contributed by atoms with van der Waals surface area (Å²) >= 11 is 0. The zero-order chi connectivity index (χ0) is 13.7. The third-order valence-corrected chi connectivity index (χ3v) is 3.68. The van der Waals surface area contributed by atoms with Gasteiger partial charge in [0.15, 0.2) is 5.96 Å². The Bertz CT molecular complexity index is 424. The fraction of sp³-hybridized carbons (Fsp3) is 0.533. The molecule has 0 saturated heterocycles. The maximum Gasteiger partial charge on any atom is 0.188 e. The Labute approximate surface area is 138 Å². The highest BCUT2D eigenvalue weighted by molar-refractivity contribution is 14.0. The van der Waals surface area contributed by atoms with E-state index in [1.807, 2.05) is 14.1 Å². The highest BCUT2D eigenvalue weighted by atomic mass is 127. The van der Waals surface area contributed by atoms with Gasteiger partial charge in [0.1, 0.15) is 0 Å². The standard InChI is InChI=1S/C15H24N4.HI/c1-19(2)14-8-6-13(7-9-14)11-18-15(16)17-10-12-4-3-5-12;/h6-9,12H,3-5,10-11H2,1-2H3,(H3,16,17,18);1H. The van der Waals surface area contributed by atoms with E-state index in [-0.39, 0.29) is 24.0 Å². The van der Waals surface area contributed by atoms with Crippen LogP contribution in [0.5, 0.6) is 0 Å². The van der Waals surface area contributed by atoms with E-state index in [0.717, 1.165) is 12.5 Å². The van der Waals surface area contributed by atoms with Crippen molar-refractivity contribution in [2.45, 2.75) is 25.8 Å². The van der Waals surface area contributed by atoms with Gasteiger partial charge in [0, 0.05) is 26.3 Å². The number of nitrogens with two attached hydrogens (primary N) is 1. The maximum atomic E-state index is 5.86. The van der Waals surface area contributed by atoms with E-state index in [0.29, 0.717) is 12.5 Å². The van der Waals surface area contributed by atoms with Gasteiger partial charge in [-0.25, -0.2) is 4.99 Å². The molecule has 112 valence electrons. The van der Waals surface area contributed by atoms with Crippen LogP contribution in [0.25, 0.3) is 0 Å². The fourth-order valence-corrected chi connectivity index (χ4v) is 2.08. The summed E-state index contributed by atoms with van der Waals surface area (Å²) in [4.78, 5) is 6.45. The molecule has 3 N–H and O–H groups in total. The van der Waals surface area contributed by atoms with Gasteiger partial charge in [-0.15, -0.1) is 24.0 Å². The Morgan fingerprint density at radius 1 is 1.30 bits per heavy atom. The number of rotatable bonds is 5. The second-order valence-corrected chi connectivity index (χ2v) is 5.44. The van der Waals surface area contributed by atoms with Crippen LogP contribution in [-0.4, -0.2) is 26.6 Å². The van der Waals surface area contributed by atoms with Crippen molar-refractivity contribution in [2.75, 3.05) is 25.5 Å². The van der Waals surface area contributed by atoms with E-state index < -0.39 is 0 Å². The van der Waals surface area contributed by atoms with Gasteiger partial charge in [-0.2, -0.15) is 0 Å². The van der Waals surface area contributed by atoms with Crippen LogP contribution in [0.15, 0.2) is 29.3 Å². The quantitative estimate of drug-likeness (QED) is 0.463. The minimum atomic E-state index is 0. The molecule has 0 bridgehead atoms. The minimum Gasteiger partial charge on any atom is -0.378 e. The number of halogens is 1. The number of benzene rings is 1. The largest absolute Gasteiger partial charge is 0.378 e. The molecule has 4 nitrogen and oxygen atoms in total. The molecule has 20 heavy (non-hydrogen) atoms. The molecule has 0 aromatic heterocycles. The second kappa shape index (κ2) is 8.34. The van der Waals surface area contributed by atoms with E-state index in [2.05, 4.69) is 39.5 Å². The molecular weight excluding hydrogens is 363 g/mol. The van der Waals surface area contributed by atoms with Gasteiger partial charge in [0.25, 0.3) is 0 Å². The zero-order valence-corrected chi connectivity index (χ0v) is 14.6. The van der Waals surface area contributed by atoms with E-state index in [9.17, 15) is 0 Å². The van der Waals surface area contributed by atoms with Crippen molar-refractivity contribution in [1.82, 2.24) is 5.32 Å². The number of nitrogens with one attached hydrogen (secondary N) is 1. The van der Waals surface area contributed by atoms with Crippen LogP contribution < -0.4 is 16.0 Å². The Morgan fingerprint density at radius 2 is 1.95 bits per heavy atom. The number of nitrogens with zero attached hydrogens (tertiary/aromatic N) is 2. The van der Waals surface area contributed by atoms with Gasteiger partial charge in [0.2, 0.25) is 0 Å². The van der Waals surface area contributed by atoms with Crippen molar-refractivity contribution in [3.63, 3.8) is 0 Å². The average Bonchev–Trinajstić information content (AvgIpc) is 2.35. The molecule has 1 fully saturated rings. The molecular formula is C15H25IN4. The maximum absolute atomic E-state index is 5.86. The van der Waals surface area contributed by atoms with Crippen molar-refractivity contribution in [1.29, 1.82) is 0 Å². The molecule has 0 spiro atoms. The molecule has 1 aliphatic rings. The number of hydrogen-bond donors (Lipinski definition) is 2. The van der Waals surface area contributed by atoms with Gasteiger partial charge in [-0.05, 0) is 36.5 Å². The van der Waals surface area contributed by atoms with Gasteiger partial charge in [-0.3, -0.25) is 0 Å². The topological polar surface area (TPSA) is 53.6 Å². The van der Waals surface area contributed by atoms with E-state index in [4.69, 9.17) is 5.73 Å². The van der Waals surface area contributed by atoms with E-state index in [1.54, 1.807) is 0 Å². The molecule has 2 rings (SSSR count). The van der Waals surface area contributed by atoms with Crippen LogP contribution in [-0.2, 0) is 6.54 Å². The summed E-state index contributed by atoms with van der Waals surface area (Å²) in [5.41, 5.74) is 8.24. The normalized spacial score (nSPS) is 15.2. The molecule has 0 radical (unpaired) electrons. The van der Waals surface area contributed by atoms with Crippen molar-refractivity contribution >= 4 is 35.6 Å². The highest BCUT2D eigenvalue weighted by Crippen LogP contribution is 2.24. The Hall–Kier alpha value is -0.980. The first-order valence-electron chi connectivity index (χ1n) is 6.95. The summed E-state index contributed by atoms with van der Waals surface area (Å²) < 4.78 is 0. The molecule has 0 atom stereocenters. The van der Waals surface area contributed by atoms with Gasteiger partial charge < -0.3 is 16.0 Å². The summed E-state index contributed by atoms with van der Waals surface area (Å²) in [6, 6.07) is 8.39. The molecule has 1 saturated carbocycles. The molecule has 0 unspecified atom stereocenters. The number of anilines is 1. The number of guanidine groups is 1. The second-order valence-electron chi connectivity index (χ2n) is 5.44.